The molecule has 6 heteroatoms. The molecule has 3 N–H and O–H groups in total. The summed E-state index contributed by atoms with van der Waals surface area (Å²) < 4.78 is 11.8. The van der Waals surface area contributed by atoms with E-state index in [9.17, 15) is 5.11 Å². The number of aliphatic hydroxyl groups excluding tert-OH is 1. The lowest BCUT2D eigenvalue weighted by Gasteiger charge is -2.31. The lowest BCUT2D eigenvalue weighted by Crippen LogP contribution is -2.48. The van der Waals surface area contributed by atoms with Crippen LogP contribution in [0.25, 0.3) is 0 Å². The van der Waals surface area contributed by atoms with Crippen molar-refractivity contribution in [2.75, 3.05) is 32.0 Å². The molecule has 2 unspecified atom stereocenters. The molecule has 5 nitrogen and oxygen atoms in total. The summed E-state index contributed by atoms with van der Waals surface area (Å²) in [5.41, 5.74) is 0. The molecule has 1 aromatic carbocycles. The maximum atomic E-state index is 10.4. The minimum absolute atomic E-state index is 0.319. The van der Waals surface area contributed by atoms with Crippen molar-refractivity contribution in [2.45, 2.75) is 55.8 Å². The summed E-state index contributed by atoms with van der Waals surface area (Å²) >= 11 is 1.85. The van der Waals surface area contributed by atoms with Gasteiger partial charge in [-0.3, -0.25) is 0 Å². The molecule has 1 saturated heterocycles. The second-order valence-electron chi connectivity index (χ2n) is 6.78. The normalized spacial score (nSPS) is 21.9. The minimum atomic E-state index is -0.568. The first-order valence-corrected chi connectivity index (χ1v) is 10.4. The molecule has 25 heavy (non-hydrogen) atoms. The fraction of sp³-hybridized carbons (Fsp3) is 0.684. The number of hydrogen-bond acceptors (Lipinski definition) is 6. The average Bonchev–Trinajstić information content (AvgIpc) is 2.66. The monoisotopic (exact) mass is 366 g/mol. The second kappa shape index (κ2) is 9.67. The van der Waals surface area contributed by atoms with Gasteiger partial charge in [-0.2, -0.15) is 0 Å². The number of piperidine rings is 1. The summed E-state index contributed by atoms with van der Waals surface area (Å²) in [6, 6.07) is 6.56. The Bertz CT molecular complexity index is 537. The van der Waals surface area contributed by atoms with E-state index in [1.165, 1.54) is 17.7 Å². The van der Waals surface area contributed by atoms with E-state index in [-0.39, 0.29) is 6.10 Å². The molecule has 2 aliphatic rings. The van der Waals surface area contributed by atoms with Gasteiger partial charge in [0.15, 0.2) is 17.6 Å². The Morgan fingerprint density at radius 1 is 1.32 bits per heavy atom. The smallest absolute Gasteiger partial charge is 0.162 e. The van der Waals surface area contributed by atoms with Gasteiger partial charge < -0.3 is 25.2 Å². The Balaban J connectivity index is 1.48. The molecule has 3 rings (SSSR count). The van der Waals surface area contributed by atoms with Crippen LogP contribution in [-0.2, 0) is 0 Å². The first kappa shape index (κ1) is 18.8. The zero-order valence-electron chi connectivity index (χ0n) is 15.0. The predicted octanol–water partition coefficient (Wildman–Crippen LogP) is 2.42. The molecular formula is C19H30N2O3S. The third kappa shape index (κ3) is 5.51. The van der Waals surface area contributed by atoms with Crippen LogP contribution in [0.15, 0.2) is 23.1 Å². The van der Waals surface area contributed by atoms with Gasteiger partial charge in [0, 0.05) is 17.5 Å². The summed E-state index contributed by atoms with van der Waals surface area (Å²) in [5.74, 6) is 2.65. The molecule has 2 heterocycles. The van der Waals surface area contributed by atoms with Crippen LogP contribution in [0, 0.1) is 0 Å². The third-order valence-electron chi connectivity index (χ3n) is 4.75. The van der Waals surface area contributed by atoms with Crippen molar-refractivity contribution in [3.8, 4) is 11.5 Å². The molecule has 1 aromatic rings. The highest BCUT2D eigenvalue weighted by atomic mass is 32.2. The Morgan fingerprint density at radius 3 is 2.96 bits per heavy atom. The van der Waals surface area contributed by atoms with Gasteiger partial charge >= 0.3 is 0 Å². The molecule has 0 amide bonds. The van der Waals surface area contributed by atoms with Crippen LogP contribution in [0.2, 0.25) is 0 Å². The zero-order valence-corrected chi connectivity index (χ0v) is 15.8. The van der Waals surface area contributed by atoms with Crippen molar-refractivity contribution < 1.29 is 14.6 Å². The number of nitrogens with one attached hydrogen (secondary N) is 2. The maximum Gasteiger partial charge on any atom is 0.162 e. The Kier molecular flexibility index (Phi) is 7.28. The van der Waals surface area contributed by atoms with Crippen LogP contribution in [0.5, 0.6) is 11.5 Å². The van der Waals surface area contributed by atoms with Gasteiger partial charge in [-0.25, -0.2) is 0 Å². The van der Waals surface area contributed by atoms with E-state index in [0.29, 0.717) is 19.2 Å². The number of hydrogen-bond donors (Lipinski definition) is 3. The van der Waals surface area contributed by atoms with E-state index in [1.54, 1.807) is 0 Å². The molecule has 0 bridgehead atoms. The van der Waals surface area contributed by atoms with Crippen LogP contribution in [0.3, 0.4) is 0 Å². The number of unbranched alkanes of at least 4 members (excludes halogenated alkanes) is 1. The van der Waals surface area contributed by atoms with Crippen LogP contribution < -0.4 is 20.1 Å². The maximum absolute atomic E-state index is 10.4. The van der Waals surface area contributed by atoms with Gasteiger partial charge in [-0.05, 0) is 56.3 Å². The lowest BCUT2D eigenvalue weighted by molar-refractivity contribution is -0.0106. The summed E-state index contributed by atoms with van der Waals surface area (Å²) in [6.07, 6.45) is 3.76. The summed E-state index contributed by atoms with van der Waals surface area (Å²) in [7, 11) is 0. The lowest BCUT2D eigenvalue weighted by atomic mass is 10.1. The van der Waals surface area contributed by atoms with Gasteiger partial charge in [0.1, 0.15) is 12.7 Å². The molecule has 0 radical (unpaired) electrons. The standard InChI is InChI=1S/C19H30N2O3S/c1-2-3-10-25-15-4-5-17-18(11-15)23-13-19(24-17)16(22)12-21-14-6-8-20-9-7-14/h4-5,11,14,16,19-22H,2-3,6-10,12-13H2,1H3. The van der Waals surface area contributed by atoms with E-state index < -0.39 is 6.10 Å². The van der Waals surface area contributed by atoms with Gasteiger partial charge in [-0.1, -0.05) is 13.3 Å². The topological polar surface area (TPSA) is 62.8 Å². The molecule has 1 fully saturated rings. The number of benzene rings is 1. The van der Waals surface area contributed by atoms with E-state index in [4.69, 9.17) is 9.47 Å². The Morgan fingerprint density at radius 2 is 2.16 bits per heavy atom. The zero-order chi connectivity index (χ0) is 17.5. The average molecular weight is 367 g/mol. The largest absolute Gasteiger partial charge is 0.486 e. The highest BCUT2D eigenvalue weighted by Gasteiger charge is 2.28. The molecule has 0 aromatic heterocycles. The number of thioether (sulfide) groups is 1. The predicted molar refractivity (Wildman–Crippen MR) is 102 cm³/mol. The SMILES string of the molecule is CCCCSc1ccc2c(c1)OCC(C(O)CNC1CCNCC1)O2. The molecule has 0 spiro atoms. The van der Waals surface area contributed by atoms with Crippen molar-refractivity contribution in [1.82, 2.24) is 10.6 Å². The summed E-state index contributed by atoms with van der Waals surface area (Å²) in [5, 5.41) is 17.2. The number of ether oxygens (including phenoxy) is 2. The molecular weight excluding hydrogens is 336 g/mol. The van der Waals surface area contributed by atoms with Crippen molar-refractivity contribution in [2.24, 2.45) is 0 Å². The Labute approximate surface area is 154 Å². The fourth-order valence-electron chi connectivity index (χ4n) is 3.13. The quantitative estimate of drug-likeness (QED) is 0.485. The van der Waals surface area contributed by atoms with Gasteiger partial charge in [0.05, 0.1) is 0 Å². The van der Waals surface area contributed by atoms with E-state index in [0.717, 1.165) is 43.2 Å². The first-order chi connectivity index (χ1) is 12.3. The number of aliphatic hydroxyl groups is 1. The molecule has 140 valence electrons. The van der Waals surface area contributed by atoms with Crippen molar-refractivity contribution in [3.05, 3.63) is 18.2 Å². The van der Waals surface area contributed by atoms with Crippen LogP contribution in [-0.4, -0.2) is 55.4 Å². The van der Waals surface area contributed by atoms with Crippen LogP contribution >= 0.6 is 11.8 Å². The van der Waals surface area contributed by atoms with E-state index in [2.05, 4.69) is 23.6 Å². The third-order valence-corrected chi connectivity index (χ3v) is 5.83. The fourth-order valence-corrected chi connectivity index (χ4v) is 4.15. The van der Waals surface area contributed by atoms with Crippen LogP contribution in [0.1, 0.15) is 32.6 Å². The molecule has 0 saturated carbocycles. The van der Waals surface area contributed by atoms with E-state index in [1.807, 2.05) is 23.9 Å². The summed E-state index contributed by atoms with van der Waals surface area (Å²) in [4.78, 5) is 1.21. The highest BCUT2D eigenvalue weighted by molar-refractivity contribution is 7.99. The van der Waals surface area contributed by atoms with Crippen LogP contribution in [0.4, 0.5) is 0 Å². The second-order valence-corrected chi connectivity index (χ2v) is 7.95. The van der Waals surface area contributed by atoms with Crippen molar-refractivity contribution in [1.29, 1.82) is 0 Å². The minimum Gasteiger partial charge on any atom is -0.486 e. The van der Waals surface area contributed by atoms with Gasteiger partial charge in [0.2, 0.25) is 0 Å². The van der Waals surface area contributed by atoms with Gasteiger partial charge in [0.25, 0.3) is 0 Å². The Hall–Kier alpha value is -0.950. The van der Waals surface area contributed by atoms with E-state index >= 15 is 0 Å². The molecule has 2 atom stereocenters. The highest BCUT2D eigenvalue weighted by Crippen LogP contribution is 2.36. The van der Waals surface area contributed by atoms with Crippen molar-refractivity contribution >= 4 is 11.8 Å². The number of rotatable bonds is 8. The number of fused-ring (bicyclic) bond motifs is 1. The molecule has 0 aliphatic carbocycles. The molecule has 2 aliphatic heterocycles. The summed E-state index contributed by atoms with van der Waals surface area (Å²) in [6.45, 7) is 5.23. The van der Waals surface area contributed by atoms with Gasteiger partial charge in [-0.15, -0.1) is 11.8 Å². The van der Waals surface area contributed by atoms with Crippen molar-refractivity contribution in [3.63, 3.8) is 0 Å². The first-order valence-electron chi connectivity index (χ1n) is 9.44.